The van der Waals surface area contributed by atoms with Gasteiger partial charge in [-0.2, -0.15) is 0 Å². The molecule has 6 nitrogen and oxygen atoms in total. The van der Waals surface area contributed by atoms with E-state index in [0.29, 0.717) is 0 Å². The second-order valence-electron chi connectivity index (χ2n) is 5.75. The zero-order chi connectivity index (χ0) is 18.5. The van der Waals surface area contributed by atoms with Gasteiger partial charge in [0.15, 0.2) is 17.5 Å². The van der Waals surface area contributed by atoms with Gasteiger partial charge >= 0.3 is 0 Å². The first kappa shape index (κ1) is 24.8. The second-order valence-corrected chi connectivity index (χ2v) is 5.75. The van der Waals surface area contributed by atoms with Crippen LogP contribution < -0.4 is 20.1 Å². The summed E-state index contributed by atoms with van der Waals surface area (Å²) < 4.78 is 10.6. The van der Waals surface area contributed by atoms with Gasteiger partial charge in [0.25, 0.3) is 0 Å². The van der Waals surface area contributed by atoms with Crippen LogP contribution in [0.1, 0.15) is 25.8 Å². The fourth-order valence-electron chi connectivity index (χ4n) is 2.63. The maximum atomic E-state index is 5.34. The number of benzene rings is 1. The molecule has 0 amide bonds. The van der Waals surface area contributed by atoms with Crippen LogP contribution in [0.25, 0.3) is 0 Å². The smallest absolute Gasteiger partial charge is 0.190 e. The summed E-state index contributed by atoms with van der Waals surface area (Å²) in [6.07, 6.45) is 2.00. The Morgan fingerprint density at radius 2 is 1.69 bits per heavy atom. The number of guanidine groups is 1. The number of aliphatic imine (C=N–C) groups is 1. The second kappa shape index (κ2) is 14.9. The van der Waals surface area contributed by atoms with Crippen molar-refractivity contribution in [2.75, 3.05) is 54.0 Å². The average molecular weight is 478 g/mol. The highest BCUT2D eigenvalue weighted by Gasteiger charge is 2.05. The minimum atomic E-state index is 0. The Labute approximate surface area is 175 Å². The van der Waals surface area contributed by atoms with Crippen LogP contribution in [-0.4, -0.2) is 64.9 Å². The molecule has 1 aromatic rings. The summed E-state index contributed by atoms with van der Waals surface area (Å²) in [5.41, 5.74) is 1.20. The topological polar surface area (TPSA) is 58.1 Å². The normalized spacial score (nSPS) is 11.1. The summed E-state index contributed by atoms with van der Waals surface area (Å²) in [6, 6.07) is 6.01. The van der Waals surface area contributed by atoms with E-state index < -0.39 is 0 Å². The molecule has 26 heavy (non-hydrogen) atoms. The monoisotopic (exact) mass is 478 g/mol. The maximum Gasteiger partial charge on any atom is 0.190 e. The molecule has 0 saturated carbocycles. The lowest BCUT2D eigenvalue weighted by Gasteiger charge is -2.18. The SMILES string of the molecule is CCN(CC)CCCNC(=NC)NCCc1ccc(OC)c(OC)c1.I. The third-order valence-electron chi connectivity index (χ3n) is 4.22. The van der Waals surface area contributed by atoms with E-state index in [1.54, 1.807) is 21.3 Å². The van der Waals surface area contributed by atoms with Gasteiger partial charge in [-0.15, -0.1) is 24.0 Å². The summed E-state index contributed by atoms with van der Waals surface area (Å²) >= 11 is 0. The third-order valence-corrected chi connectivity index (χ3v) is 4.22. The minimum Gasteiger partial charge on any atom is -0.493 e. The molecule has 0 unspecified atom stereocenters. The fraction of sp³-hybridized carbons (Fsp3) is 0.632. The van der Waals surface area contributed by atoms with Gasteiger partial charge in [-0.1, -0.05) is 19.9 Å². The summed E-state index contributed by atoms with van der Waals surface area (Å²) in [5.74, 6) is 2.36. The van der Waals surface area contributed by atoms with Gasteiger partial charge < -0.3 is 25.0 Å². The lowest BCUT2D eigenvalue weighted by atomic mass is 10.1. The van der Waals surface area contributed by atoms with Crippen molar-refractivity contribution >= 4 is 29.9 Å². The van der Waals surface area contributed by atoms with Gasteiger partial charge in [0.1, 0.15) is 0 Å². The number of hydrogen-bond acceptors (Lipinski definition) is 4. The highest BCUT2D eigenvalue weighted by molar-refractivity contribution is 14.0. The van der Waals surface area contributed by atoms with E-state index >= 15 is 0 Å². The molecule has 0 bridgehead atoms. The molecule has 1 rings (SSSR count). The first-order valence-electron chi connectivity index (χ1n) is 9.06. The van der Waals surface area contributed by atoms with E-state index in [1.165, 1.54) is 5.56 Å². The van der Waals surface area contributed by atoms with Crippen LogP contribution >= 0.6 is 24.0 Å². The number of nitrogens with zero attached hydrogens (tertiary/aromatic N) is 2. The quantitative estimate of drug-likeness (QED) is 0.222. The molecule has 0 aliphatic rings. The Kier molecular flexibility index (Phi) is 14.2. The average Bonchev–Trinajstić information content (AvgIpc) is 2.66. The Morgan fingerprint density at radius 3 is 2.27 bits per heavy atom. The van der Waals surface area contributed by atoms with Gasteiger partial charge in [-0.25, -0.2) is 0 Å². The van der Waals surface area contributed by atoms with Crippen LogP contribution in [0.4, 0.5) is 0 Å². The number of ether oxygens (including phenoxy) is 2. The molecular weight excluding hydrogens is 443 g/mol. The van der Waals surface area contributed by atoms with Crippen molar-refractivity contribution in [1.82, 2.24) is 15.5 Å². The van der Waals surface area contributed by atoms with Gasteiger partial charge in [0.2, 0.25) is 0 Å². The molecule has 150 valence electrons. The third kappa shape index (κ3) is 8.93. The largest absolute Gasteiger partial charge is 0.493 e. The highest BCUT2D eigenvalue weighted by Crippen LogP contribution is 2.27. The number of nitrogens with one attached hydrogen (secondary N) is 2. The zero-order valence-corrected chi connectivity index (χ0v) is 19.1. The number of methoxy groups -OCH3 is 2. The molecule has 0 fully saturated rings. The maximum absolute atomic E-state index is 5.34. The van der Waals surface area contributed by atoms with Crippen LogP contribution in [0.2, 0.25) is 0 Å². The van der Waals surface area contributed by atoms with Crippen LogP contribution in [0.5, 0.6) is 11.5 Å². The number of halogens is 1. The van der Waals surface area contributed by atoms with E-state index in [2.05, 4.69) is 40.4 Å². The van der Waals surface area contributed by atoms with Crippen LogP contribution in [-0.2, 0) is 6.42 Å². The molecule has 2 N–H and O–H groups in total. The van der Waals surface area contributed by atoms with Gasteiger partial charge in [0, 0.05) is 20.1 Å². The Balaban J connectivity index is 0.00000625. The molecule has 0 spiro atoms. The van der Waals surface area contributed by atoms with Crippen molar-refractivity contribution in [3.63, 3.8) is 0 Å². The summed E-state index contributed by atoms with van der Waals surface area (Å²) in [7, 11) is 5.11. The predicted molar refractivity (Wildman–Crippen MR) is 120 cm³/mol. The molecule has 1 aromatic carbocycles. The van der Waals surface area contributed by atoms with Gasteiger partial charge in [0.05, 0.1) is 14.2 Å². The molecule has 0 aliphatic carbocycles. The molecular formula is C19H35IN4O2. The molecule has 0 aromatic heterocycles. The van der Waals surface area contributed by atoms with Crippen LogP contribution in [0.15, 0.2) is 23.2 Å². The molecule has 0 atom stereocenters. The Bertz CT molecular complexity index is 522. The van der Waals surface area contributed by atoms with E-state index in [-0.39, 0.29) is 24.0 Å². The van der Waals surface area contributed by atoms with Crippen LogP contribution in [0.3, 0.4) is 0 Å². The summed E-state index contributed by atoms with van der Waals surface area (Å²) in [5, 5.41) is 6.72. The first-order chi connectivity index (χ1) is 12.2. The highest BCUT2D eigenvalue weighted by atomic mass is 127. The number of hydrogen-bond donors (Lipinski definition) is 2. The number of rotatable bonds is 11. The lowest BCUT2D eigenvalue weighted by molar-refractivity contribution is 0.300. The van der Waals surface area contributed by atoms with E-state index in [4.69, 9.17) is 9.47 Å². The van der Waals surface area contributed by atoms with E-state index in [1.807, 2.05) is 12.1 Å². The molecule has 0 radical (unpaired) electrons. The Hall–Kier alpha value is -1.22. The van der Waals surface area contributed by atoms with Crippen molar-refractivity contribution in [3.8, 4) is 11.5 Å². The first-order valence-corrected chi connectivity index (χ1v) is 9.06. The van der Waals surface area contributed by atoms with Crippen molar-refractivity contribution in [3.05, 3.63) is 23.8 Å². The van der Waals surface area contributed by atoms with E-state index in [0.717, 1.165) is 63.0 Å². The summed E-state index contributed by atoms with van der Waals surface area (Å²) in [6.45, 7) is 9.46. The van der Waals surface area contributed by atoms with Crippen molar-refractivity contribution in [2.45, 2.75) is 26.7 Å². The molecule has 0 saturated heterocycles. The van der Waals surface area contributed by atoms with Crippen LogP contribution in [0, 0.1) is 0 Å². The van der Waals surface area contributed by atoms with Gasteiger partial charge in [-0.3, -0.25) is 4.99 Å². The van der Waals surface area contributed by atoms with Gasteiger partial charge in [-0.05, 0) is 50.2 Å². The molecule has 0 aliphatic heterocycles. The molecule has 0 heterocycles. The lowest BCUT2D eigenvalue weighted by Crippen LogP contribution is -2.39. The van der Waals surface area contributed by atoms with E-state index in [9.17, 15) is 0 Å². The predicted octanol–water partition coefficient (Wildman–Crippen LogP) is 2.76. The Morgan fingerprint density at radius 1 is 1.04 bits per heavy atom. The van der Waals surface area contributed by atoms with Crippen molar-refractivity contribution in [2.24, 2.45) is 4.99 Å². The summed E-state index contributed by atoms with van der Waals surface area (Å²) in [4.78, 5) is 6.70. The fourth-order valence-corrected chi connectivity index (χ4v) is 2.63. The van der Waals surface area contributed by atoms with Crippen molar-refractivity contribution < 1.29 is 9.47 Å². The molecule has 7 heteroatoms. The standard InChI is InChI=1S/C19H34N4O2.HI/c1-6-23(7-2)14-8-12-21-19(20-3)22-13-11-16-9-10-17(24-4)18(15-16)25-5;/h9-10,15H,6-8,11-14H2,1-5H3,(H2,20,21,22);1H. The zero-order valence-electron chi connectivity index (χ0n) is 16.8. The minimum absolute atomic E-state index is 0. The van der Waals surface area contributed by atoms with Crippen molar-refractivity contribution in [1.29, 1.82) is 0 Å².